The van der Waals surface area contributed by atoms with E-state index in [4.69, 9.17) is 0 Å². The van der Waals surface area contributed by atoms with Gasteiger partial charge in [0, 0.05) is 31.6 Å². The molecule has 0 aromatic rings. The Balaban J connectivity index is 2.09. The average molecular weight is 210 g/mol. The minimum absolute atomic E-state index is 0.510. The van der Waals surface area contributed by atoms with Crippen molar-refractivity contribution in [2.45, 2.75) is 46.2 Å². The lowest BCUT2D eigenvalue weighted by atomic mass is 10.1. The third kappa shape index (κ3) is 1.96. The average Bonchev–Trinajstić information content (AvgIpc) is 2.59. The maximum Gasteiger partial charge on any atom is 0.0626 e. The van der Waals surface area contributed by atoms with Crippen LogP contribution in [0.3, 0.4) is 0 Å². The van der Waals surface area contributed by atoms with Gasteiger partial charge in [0.2, 0.25) is 0 Å². The van der Waals surface area contributed by atoms with Crippen molar-refractivity contribution in [3.8, 4) is 0 Å². The number of nitrogens with one attached hydrogen (secondary N) is 2. The molecule has 2 N–H and O–H groups in total. The Morgan fingerprint density at radius 2 is 1.87 bits per heavy atom. The Kier molecular flexibility index (Phi) is 2.89. The molecule has 2 rings (SSSR count). The zero-order valence-corrected chi connectivity index (χ0v) is 10.2. The van der Waals surface area contributed by atoms with E-state index < -0.39 is 0 Å². The summed E-state index contributed by atoms with van der Waals surface area (Å²) in [6.07, 6.45) is 1.14. The van der Waals surface area contributed by atoms with Crippen molar-refractivity contribution in [1.29, 1.82) is 0 Å². The monoisotopic (exact) mass is 210 g/mol. The predicted octanol–water partition coefficient (Wildman–Crippen LogP) is 1.05. The summed E-state index contributed by atoms with van der Waals surface area (Å²) in [6.45, 7) is 11.1. The van der Waals surface area contributed by atoms with Crippen LogP contribution in [-0.4, -0.2) is 35.1 Å². The molecule has 0 radical (unpaired) electrons. The van der Waals surface area contributed by atoms with Gasteiger partial charge in [0.25, 0.3) is 0 Å². The van der Waals surface area contributed by atoms with Gasteiger partial charge in [0.05, 0.1) is 11.4 Å². The lowest BCUT2D eigenvalue weighted by Crippen LogP contribution is -2.42. The molecular formula is C11H22N4. The van der Waals surface area contributed by atoms with Crippen LogP contribution in [0.4, 0.5) is 0 Å². The first-order chi connectivity index (χ1) is 7.09. The Morgan fingerprint density at radius 3 is 2.47 bits per heavy atom. The first kappa shape index (κ1) is 10.8. The molecule has 0 spiro atoms. The largest absolute Gasteiger partial charge is 0.305 e. The van der Waals surface area contributed by atoms with Gasteiger partial charge in [-0.25, -0.2) is 0 Å². The van der Waals surface area contributed by atoms with Crippen molar-refractivity contribution in [1.82, 2.24) is 20.9 Å². The molecule has 0 fully saturated rings. The molecule has 0 amide bonds. The summed E-state index contributed by atoms with van der Waals surface area (Å²) in [4.78, 5) is 2.50. The molecule has 0 aliphatic carbocycles. The van der Waals surface area contributed by atoms with E-state index in [0.717, 1.165) is 13.0 Å². The van der Waals surface area contributed by atoms with Crippen LogP contribution >= 0.6 is 0 Å². The number of hydrazine groups is 2. The summed E-state index contributed by atoms with van der Waals surface area (Å²) >= 11 is 0. The molecule has 4 nitrogen and oxygen atoms in total. The van der Waals surface area contributed by atoms with Gasteiger partial charge in [-0.05, 0) is 27.7 Å². The fourth-order valence-corrected chi connectivity index (χ4v) is 2.23. The zero-order chi connectivity index (χ0) is 11.0. The highest BCUT2D eigenvalue weighted by Crippen LogP contribution is 2.24. The topological polar surface area (TPSA) is 30.5 Å². The van der Waals surface area contributed by atoms with Crippen LogP contribution in [0.2, 0.25) is 0 Å². The summed E-state index contributed by atoms with van der Waals surface area (Å²) in [6, 6.07) is 1.14. The second-order valence-corrected chi connectivity index (χ2v) is 4.94. The summed E-state index contributed by atoms with van der Waals surface area (Å²) in [5, 5.41) is 2.24. The van der Waals surface area contributed by atoms with Crippen LogP contribution < -0.4 is 11.0 Å². The van der Waals surface area contributed by atoms with E-state index >= 15 is 0 Å². The molecule has 0 aromatic carbocycles. The van der Waals surface area contributed by atoms with Gasteiger partial charge < -0.3 is 5.43 Å². The number of nitrogens with zero attached hydrogens (tertiary/aromatic N) is 2. The van der Waals surface area contributed by atoms with Crippen molar-refractivity contribution in [2.24, 2.45) is 0 Å². The molecule has 2 heterocycles. The van der Waals surface area contributed by atoms with Crippen LogP contribution in [0.25, 0.3) is 0 Å². The normalized spacial score (nSPS) is 22.7. The van der Waals surface area contributed by atoms with Crippen molar-refractivity contribution in [3.63, 3.8) is 0 Å². The quantitative estimate of drug-likeness (QED) is 0.713. The Labute approximate surface area is 92.2 Å². The second-order valence-electron chi connectivity index (χ2n) is 4.94. The minimum Gasteiger partial charge on any atom is -0.305 e. The summed E-state index contributed by atoms with van der Waals surface area (Å²) in [7, 11) is 0. The third-order valence-corrected chi connectivity index (χ3v) is 3.21. The van der Waals surface area contributed by atoms with Crippen LogP contribution in [0, 0.1) is 0 Å². The van der Waals surface area contributed by atoms with Gasteiger partial charge >= 0.3 is 0 Å². The SMILES string of the molecule is CC(C)N1CCC2=C(C1)NNN2C(C)C. The van der Waals surface area contributed by atoms with E-state index in [1.54, 1.807) is 0 Å². The molecule has 15 heavy (non-hydrogen) atoms. The molecule has 0 unspecified atom stereocenters. The van der Waals surface area contributed by atoms with E-state index in [1.165, 1.54) is 17.9 Å². The molecule has 2 aliphatic rings. The summed E-state index contributed by atoms with van der Waals surface area (Å²) in [5.41, 5.74) is 9.33. The fraction of sp³-hybridized carbons (Fsp3) is 0.818. The van der Waals surface area contributed by atoms with Crippen LogP contribution in [0.1, 0.15) is 34.1 Å². The second kappa shape index (κ2) is 4.02. The summed E-state index contributed by atoms with van der Waals surface area (Å²) in [5.74, 6) is 0. The van der Waals surface area contributed by atoms with Crippen molar-refractivity contribution >= 4 is 0 Å². The van der Waals surface area contributed by atoms with E-state index in [-0.39, 0.29) is 0 Å². The first-order valence-electron chi connectivity index (χ1n) is 5.86. The Morgan fingerprint density at radius 1 is 1.13 bits per heavy atom. The fourth-order valence-electron chi connectivity index (χ4n) is 2.23. The minimum atomic E-state index is 0.510. The first-order valence-corrected chi connectivity index (χ1v) is 5.86. The van der Waals surface area contributed by atoms with E-state index in [2.05, 4.69) is 48.6 Å². The van der Waals surface area contributed by atoms with E-state index in [1.807, 2.05) is 0 Å². The maximum absolute atomic E-state index is 3.29. The Hall–Kier alpha value is -0.740. The lowest BCUT2D eigenvalue weighted by Gasteiger charge is -2.32. The molecule has 0 atom stereocenters. The third-order valence-electron chi connectivity index (χ3n) is 3.21. The molecule has 0 saturated carbocycles. The van der Waals surface area contributed by atoms with Gasteiger partial charge in [0.1, 0.15) is 0 Å². The smallest absolute Gasteiger partial charge is 0.0626 e. The number of hydrogen-bond donors (Lipinski definition) is 2. The van der Waals surface area contributed by atoms with E-state index in [0.29, 0.717) is 12.1 Å². The molecule has 0 aromatic heterocycles. The Bertz CT molecular complexity index is 270. The highest BCUT2D eigenvalue weighted by Gasteiger charge is 2.29. The van der Waals surface area contributed by atoms with Crippen molar-refractivity contribution in [3.05, 3.63) is 11.4 Å². The molecule has 4 heteroatoms. The summed E-state index contributed by atoms with van der Waals surface area (Å²) < 4.78 is 0. The number of hydrogen-bond acceptors (Lipinski definition) is 4. The molecule has 2 aliphatic heterocycles. The van der Waals surface area contributed by atoms with Crippen LogP contribution in [-0.2, 0) is 0 Å². The van der Waals surface area contributed by atoms with Gasteiger partial charge in [-0.3, -0.25) is 9.91 Å². The molecule has 0 saturated heterocycles. The lowest BCUT2D eigenvalue weighted by molar-refractivity contribution is 0.185. The van der Waals surface area contributed by atoms with Crippen molar-refractivity contribution in [2.75, 3.05) is 13.1 Å². The maximum atomic E-state index is 3.29. The van der Waals surface area contributed by atoms with Crippen molar-refractivity contribution < 1.29 is 0 Å². The van der Waals surface area contributed by atoms with Gasteiger partial charge in [-0.2, -0.15) is 0 Å². The van der Waals surface area contributed by atoms with Crippen LogP contribution in [0.5, 0.6) is 0 Å². The molecule has 0 bridgehead atoms. The molecular weight excluding hydrogens is 188 g/mol. The van der Waals surface area contributed by atoms with Gasteiger partial charge in [-0.15, -0.1) is 5.53 Å². The zero-order valence-electron chi connectivity index (χ0n) is 10.2. The van der Waals surface area contributed by atoms with Crippen LogP contribution in [0.15, 0.2) is 11.4 Å². The predicted molar refractivity (Wildman–Crippen MR) is 61.6 cm³/mol. The number of rotatable bonds is 2. The standard InChI is InChI=1S/C11H22N4/c1-8(2)14-6-5-11-10(7-14)12-13-15(11)9(3)4/h8-9,12-13H,5-7H2,1-4H3. The highest BCUT2D eigenvalue weighted by molar-refractivity contribution is 5.19. The van der Waals surface area contributed by atoms with E-state index in [9.17, 15) is 0 Å². The highest BCUT2D eigenvalue weighted by atomic mass is 15.7. The van der Waals surface area contributed by atoms with Gasteiger partial charge in [0.15, 0.2) is 0 Å². The van der Waals surface area contributed by atoms with Gasteiger partial charge in [-0.1, -0.05) is 0 Å². The molecule has 86 valence electrons.